The number of hydrogen-bond acceptors (Lipinski definition) is 1. The Morgan fingerprint density at radius 1 is 0.187 bits per heavy atom. The van der Waals surface area contributed by atoms with E-state index in [1.807, 2.05) is 0 Å². The summed E-state index contributed by atoms with van der Waals surface area (Å²) in [6, 6.07) is 135. The first-order chi connectivity index (χ1) is 52.6. The minimum Gasteiger partial charge on any atom is -0.456 e. The molecule has 2 aliphatic carbocycles. The Morgan fingerprint density at radius 3 is 1.00 bits per heavy atom. The number of benzene rings is 19. The van der Waals surface area contributed by atoms with Gasteiger partial charge in [0.25, 0.3) is 0 Å². The second-order valence-electron chi connectivity index (χ2n) is 30.4. The van der Waals surface area contributed by atoms with Gasteiger partial charge in [0.2, 0.25) is 0 Å². The van der Waals surface area contributed by atoms with Crippen molar-refractivity contribution in [3.05, 3.63) is 386 Å². The fraction of sp³-hybridized carbons (Fsp3) is 0.0566. The number of furan rings is 1. The van der Waals surface area contributed by atoms with Crippen LogP contribution in [0.2, 0.25) is 0 Å². The van der Waals surface area contributed by atoms with Gasteiger partial charge in [-0.15, -0.1) is 0 Å². The van der Waals surface area contributed by atoms with E-state index in [0.29, 0.717) is 0 Å². The van der Waals surface area contributed by atoms with Crippen LogP contribution in [0.1, 0.15) is 49.9 Å². The van der Waals surface area contributed by atoms with E-state index in [2.05, 4.69) is 392 Å². The number of hydrogen-bond donors (Lipinski definition) is 0. The van der Waals surface area contributed by atoms with Crippen LogP contribution in [0.25, 0.3) is 197 Å². The van der Waals surface area contributed by atoms with Gasteiger partial charge in [-0.2, -0.15) is 0 Å². The monoisotopic (exact) mass is 1360 g/mol. The average molecular weight is 1360 g/mol. The normalized spacial score (nSPS) is 13.2. The van der Waals surface area contributed by atoms with Gasteiger partial charge < -0.3 is 4.42 Å². The fourth-order valence-electron chi connectivity index (χ4n) is 19.0. The second-order valence-corrected chi connectivity index (χ2v) is 30.4. The SMILES string of the molecule is CC1(C)c2cc3ccccc3cc2-c2cccc(-c3cccc(-c4c5ccccc5c(-c5ccc6oc7ccc8ccccc8c7c6c5)c5ccccc45)c3)c21.CC1(C)c2cc3ccccc3cc2-c2cccc(-c3cccc(-c4c5ccccc5c(-c5ccccc5-c5ccccc5)c5ccccc45)c3)c21. The number of rotatable bonds is 7. The molecule has 0 saturated carbocycles. The largest absolute Gasteiger partial charge is 0.456 e. The Kier molecular flexibility index (Phi) is 14.1. The molecule has 1 aromatic heterocycles. The predicted octanol–water partition coefficient (Wildman–Crippen LogP) is 29.6. The summed E-state index contributed by atoms with van der Waals surface area (Å²) in [5.74, 6) is 0. The third-order valence-corrected chi connectivity index (χ3v) is 23.8. The summed E-state index contributed by atoms with van der Waals surface area (Å²) in [6.07, 6.45) is 0. The quantitative estimate of drug-likeness (QED) is 0.145. The van der Waals surface area contributed by atoms with Gasteiger partial charge >= 0.3 is 0 Å². The van der Waals surface area contributed by atoms with Gasteiger partial charge in [-0.3, -0.25) is 0 Å². The van der Waals surface area contributed by atoms with Crippen LogP contribution < -0.4 is 0 Å². The molecule has 107 heavy (non-hydrogen) atoms. The minimum absolute atomic E-state index is 0.130. The fourth-order valence-corrected chi connectivity index (χ4v) is 19.0. The molecule has 19 aromatic carbocycles. The molecule has 20 aromatic rings. The zero-order valence-corrected chi connectivity index (χ0v) is 60.0. The maximum absolute atomic E-state index is 6.43. The smallest absolute Gasteiger partial charge is 0.136 e. The molecule has 0 bridgehead atoms. The molecule has 22 rings (SSSR count). The molecule has 0 aliphatic heterocycles. The molecule has 2 aliphatic rings. The van der Waals surface area contributed by atoms with E-state index in [-0.39, 0.29) is 10.8 Å². The first-order valence-electron chi connectivity index (χ1n) is 37.5. The summed E-state index contributed by atoms with van der Waals surface area (Å²) in [4.78, 5) is 0. The van der Waals surface area contributed by atoms with Crippen molar-refractivity contribution in [2.24, 2.45) is 0 Å². The lowest BCUT2D eigenvalue weighted by molar-refractivity contribution is 0.663. The summed E-state index contributed by atoms with van der Waals surface area (Å²) >= 11 is 0. The zero-order chi connectivity index (χ0) is 71.2. The molecule has 0 amide bonds. The highest BCUT2D eigenvalue weighted by Crippen LogP contribution is 2.57. The summed E-state index contributed by atoms with van der Waals surface area (Å²) in [7, 11) is 0. The summed E-state index contributed by atoms with van der Waals surface area (Å²) < 4.78 is 6.43. The molecule has 0 spiro atoms. The standard InChI is InChI=1S/C55H36O.C51H36/c1-55(2)48-32-35-15-4-3-14-34(35)30-46(48)45-24-12-23-40(54(45)55)36-16-11-17-37(29-36)51-41-19-7-9-21-43(41)52(44-22-10-8-20-42(44)51)38-26-27-49-47(31-38)53-39-18-6-5-13-33(39)25-28-50(53)56-49;1-51(2)47-32-35-19-7-6-18-34(35)31-46(47)45-29-15-28-39(50(45)51)36-20-14-21-37(30-36)48-41-24-10-12-26-43(41)49(44-27-13-11-25-42(44)48)40-23-9-8-22-38(40)33-16-4-3-5-17-33/h3-32H,1-2H3;3-32H,1-2H3. The topological polar surface area (TPSA) is 13.1 Å². The van der Waals surface area contributed by atoms with Crippen LogP contribution in [-0.2, 0) is 10.8 Å². The lowest BCUT2D eigenvalue weighted by atomic mass is 9.78. The van der Waals surface area contributed by atoms with Gasteiger partial charge in [0.05, 0.1) is 0 Å². The molecule has 1 heteroatoms. The third-order valence-electron chi connectivity index (χ3n) is 23.8. The van der Waals surface area contributed by atoms with E-state index < -0.39 is 0 Å². The van der Waals surface area contributed by atoms with E-state index in [9.17, 15) is 0 Å². The molecule has 0 fully saturated rings. The van der Waals surface area contributed by atoms with E-state index >= 15 is 0 Å². The molecule has 0 unspecified atom stereocenters. The van der Waals surface area contributed by atoms with Crippen LogP contribution in [0, 0.1) is 0 Å². The lowest BCUT2D eigenvalue weighted by Crippen LogP contribution is -2.16. The summed E-state index contributed by atoms with van der Waals surface area (Å²) in [5, 5.41) is 20.0. The van der Waals surface area contributed by atoms with Gasteiger partial charge in [-0.05, 0) is 252 Å². The first-order valence-corrected chi connectivity index (χ1v) is 37.5. The van der Waals surface area contributed by atoms with Crippen LogP contribution >= 0.6 is 0 Å². The van der Waals surface area contributed by atoms with Gasteiger partial charge in [0, 0.05) is 21.6 Å². The van der Waals surface area contributed by atoms with Crippen molar-refractivity contribution < 1.29 is 4.42 Å². The Hall–Kier alpha value is -13.2. The molecule has 502 valence electrons. The van der Waals surface area contributed by atoms with Crippen molar-refractivity contribution in [1.82, 2.24) is 0 Å². The van der Waals surface area contributed by atoms with E-state index in [0.717, 1.165) is 16.6 Å². The maximum atomic E-state index is 6.43. The highest BCUT2D eigenvalue weighted by atomic mass is 16.3. The molecule has 0 saturated heterocycles. The van der Waals surface area contributed by atoms with Gasteiger partial charge in [0.15, 0.2) is 0 Å². The van der Waals surface area contributed by atoms with Gasteiger partial charge in [-0.25, -0.2) is 0 Å². The molecule has 0 N–H and O–H groups in total. The molecule has 1 heterocycles. The van der Waals surface area contributed by atoms with Crippen molar-refractivity contribution in [3.63, 3.8) is 0 Å². The molecular weight excluding hydrogens is 1290 g/mol. The van der Waals surface area contributed by atoms with Crippen LogP contribution in [-0.4, -0.2) is 0 Å². The predicted molar refractivity (Wildman–Crippen MR) is 456 cm³/mol. The number of fused-ring (bicyclic) bond motifs is 17. The zero-order valence-electron chi connectivity index (χ0n) is 60.0. The molecule has 1 nitrogen and oxygen atoms in total. The van der Waals surface area contributed by atoms with Crippen molar-refractivity contribution >= 4 is 97.3 Å². The third kappa shape index (κ3) is 9.70. The van der Waals surface area contributed by atoms with Crippen LogP contribution in [0.15, 0.2) is 368 Å². The van der Waals surface area contributed by atoms with Crippen molar-refractivity contribution in [3.8, 4) is 100 Å². The van der Waals surface area contributed by atoms with Crippen LogP contribution in [0.5, 0.6) is 0 Å². The van der Waals surface area contributed by atoms with Crippen molar-refractivity contribution in [2.75, 3.05) is 0 Å². The van der Waals surface area contributed by atoms with E-state index in [1.165, 1.54) is 203 Å². The highest BCUT2D eigenvalue weighted by Gasteiger charge is 2.40. The van der Waals surface area contributed by atoms with E-state index in [1.54, 1.807) is 0 Å². The Labute approximate surface area is 622 Å². The summed E-state index contributed by atoms with van der Waals surface area (Å²) in [6.45, 7) is 9.58. The summed E-state index contributed by atoms with van der Waals surface area (Å²) in [5.41, 5.74) is 30.1. The molecule has 0 radical (unpaired) electrons. The van der Waals surface area contributed by atoms with E-state index in [4.69, 9.17) is 4.42 Å². The van der Waals surface area contributed by atoms with Gasteiger partial charge in [-0.1, -0.05) is 337 Å². The second kappa shape index (κ2) is 24.2. The molecular formula is C106H72O. The maximum Gasteiger partial charge on any atom is 0.136 e. The average Bonchev–Trinajstić information content (AvgIpc) is 1.64. The lowest BCUT2D eigenvalue weighted by Gasteiger charge is -2.25. The van der Waals surface area contributed by atoms with Crippen molar-refractivity contribution in [2.45, 2.75) is 38.5 Å². The Morgan fingerprint density at radius 2 is 0.523 bits per heavy atom. The highest BCUT2D eigenvalue weighted by molar-refractivity contribution is 6.25. The Balaban J connectivity index is 0.000000138. The van der Waals surface area contributed by atoms with Crippen molar-refractivity contribution in [1.29, 1.82) is 0 Å². The van der Waals surface area contributed by atoms with Crippen LogP contribution in [0.4, 0.5) is 0 Å². The van der Waals surface area contributed by atoms with Crippen LogP contribution in [0.3, 0.4) is 0 Å². The molecule has 0 atom stereocenters. The Bertz CT molecular complexity index is 7000. The minimum atomic E-state index is -0.143. The van der Waals surface area contributed by atoms with Gasteiger partial charge in [0.1, 0.15) is 11.2 Å². The first kappa shape index (κ1) is 62.4.